The van der Waals surface area contributed by atoms with E-state index in [9.17, 15) is 0 Å². The van der Waals surface area contributed by atoms with Gasteiger partial charge in [0.2, 0.25) is 0 Å². The Morgan fingerprint density at radius 1 is 1.19 bits per heavy atom. The van der Waals surface area contributed by atoms with Crippen LogP contribution in [0, 0.1) is 6.92 Å². The largest absolute Gasteiger partial charge is 0.272 e. The molecule has 2 aromatic rings. The van der Waals surface area contributed by atoms with Crippen molar-refractivity contribution < 1.29 is 4.98 Å². The molecule has 0 aliphatic rings. The lowest BCUT2D eigenvalue weighted by Crippen LogP contribution is -2.12. The Labute approximate surface area is 104 Å². The van der Waals surface area contributed by atoms with Gasteiger partial charge in [-0.05, 0) is 36.2 Å². The summed E-state index contributed by atoms with van der Waals surface area (Å²) in [5.41, 5.74) is 2.51. The molecule has 0 spiro atoms. The molecule has 3 heteroatoms. The Bertz CT molecular complexity index is 466. The number of H-pyrrole nitrogens is 1. The topological polar surface area (TPSA) is 26.2 Å². The monoisotopic (exact) mass is 277 g/mol. The van der Waals surface area contributed by atoms with E-state index < -0.39 is 0 Å². The zero-order chi connectivity index (χ0) is 11.4. The van der Waals surface area contributed by atoms with Crippen LogP contribution in [0.3, 0.4) is 0 Å². The average molecular weight is 278 g/mol. The van der Waals surface area contributed by atoms with Crippen LogP contribution in [0.15, 0.2) is 47.1 Å². The standard InChI is InChI=1S/C13H13BrN2/c1-10-6-7-15-13(8-10)16-9-11-2-4-12(14)5-3-11/h2-8H,9H2,1H3,(H,15,16)/p+1. The van der Waals surface area contributed by atoms with Crippen LogP contribution >= 0.6 is 15.9 Å². The van der Waals surface area contributed by atoms with Gasteiger partial charge in [-0.1, -0.05) is 28.1 Å². The van der Waals surface area contributed by atoms with E-state index in [1.54, 1.807) is 0 Å². The van der Waals surface area contributed by atoms with Gasteiger partial charge in [0.25, 0.3) is 5.82 Å². The van der Waals surface area contributed by atoms with E-state index in [2.05, 4.69) is 63.5 Å². The summed E-state index contributed by atoms with van der Waals surface area (Å²) in [5, 5.41) is 3.35. The fourth-order valence-electron chi connectivity index (χ4n) is 1.48. The first kappa shape index (κ1) is 11.1. The quantitative estimate of drug-likeness (QED) is 0.916. The third kappa shape index (κ3) is 3.07. The number of pyridine rings is 1. The summed E-state index contributed by atoms with van der Waals surface area (Å²) in [6, 6.07) is 12.5. The van der Waals surface area contributed by atoms with Gasteiger partial charge in [0.05, 0.1) is 6.20 Å². The fraction of sp³-hybridized carbons (Fsp3) is 0.154. The first-order chi connectivity index (χ1) is 7.74. The molecule has 0 radical (unpaired) electrons. The number of hydrogen-bond donors (Lipinski definition) is 1. The SMILES string of the molecule is Cc1cc[nH+]c(NCc2ccc(Br)cc2)c1. The van der Waals surface area contributed by atoms with Gasteiger partial charge in [0, 0.05) is 10.5 Å². The normalized spacial score (nSPS) is 10.1. The minimum Gasteiger partial charge on any atom is -0.270 e. The summed E-state index contributed by atoms with van der Waals surface area (Å²) < 4.78 is 1.11. The number of halogens is 1. The molecule has 0 unspecified atom stereocenters. The Morgan fingerprint density at radius 3 is 2.62 bits per heavy atom. The molecule has 2 nitrogen and oxygen atoms in total. The summed E-state index contributed by atoms with van der Waals surface area (Å²) in [5.74, 6) is 1.04. The number of hydrogen-bond acceptors (Lipinski definition) is 1. The predicted molar refractivity (Wildman–Crippen MR) is 69.2 cm³/mol. The zero-order valence-electron chi connectivity index (χ0n) is 9.13. The lowest BCUT2D eigenvalue weighted by Gasteiger charge is -2.00. The lowest BCUT2D eigenvalue weighted by atomic mass is 10.2. The van der Waals surface area contributed by atoms with Gasteiger partial charge in [-0.25, -0.2) is 4.98 Å². The van der Waals surface area contributed by atoms with E-state index >= 15 is 0 Å². The van der Waals surface area contributed by atoms with E-state index in [0.717, 1.165) is 16.8 Å². The van der Waals surface area contributed by atoms with Crippen LogP contribution in [0.25, 0.3) is 0 Å². The van der Waals surface area contributed by atoms with Gasteiger partial charge >= 0.3 is 0 Å². The van der Waals surface area contributed by atoms with E-state index in [4.69, 9.17) is 0 Å². The van der Waals surface area contributed by atoms with Gasteiger partial charge in [-0.15, -0.1) is 0 Å². The number of anilines is 1. The molecular weight excluding hydrogens is 264 g/mol. The summed E-state index contributed by atoms with van der Waals surface area (Å²) in [4.78, 5) is 3.17. The van der Waals surface area contributed by atoms with Gasteiger partial charge < -0.3 is 0 Å². The van der Waals surface area contributed by atoms with Crippen LogP contribution in [-0.4, -0.2) is 0 Å². The maximum absolute atomic E-state index is 3.42. The number of benzene rings is 1. The van der Waals surface area contributed by atoms with Gasteiger partial charge in [-0.2, -0.15) is 0 Å². The van der Waals surface area contributed by atoms with Crippen molar-refractivity contribution in [2.45, 2.75) is 13.5 Å². The second-order valence-corrected chi connectivity index (χ2v) is 4.68. The number of aromatic amines is 1. The minimum absolute atomic E-state index is 0.827. The van der Waals surface area contributed by atoms with Crippen molar-refractivity contribution in [2.24, 2.45) is 0 Å². The number of aryl methyl sites for hydroxylation is 1. The molecule has 1 heterocycles. The second kappa shape index (κ2) is 5.12. The maximum Gasteiger partial charge on any atom is 0.272 e. The molecule has 0 aliphatic heterocycles. The highest BCUT2D eigenvalue weighted by molar-refractivity contribution is 9.10. The summed E-state index contributed by atoms with van der Waals surface area (Å²) >= 11 is 3.42. The van der Waals surface area contributed by atoms with Crippen LogP contribution in [0.5, 0.6) is 0 Å². The first-order valence-corrected chi connectivity index (χ1v) is 6.00. The van der Waals surface area contributed by atoms with Crippen molar-refractivity contribution in [1.29, 1.82) is 0 Å². The molecular formula is C13H14BrN2+. The first-order valence-electron chi connectivity index (χ1n) is 5.21. The molecule has 0 saturated carbocycles. The van der Waals surface area contributed by atoms with Crippen molar-refractivity contribution in [1.82, 2.24) is 0 Å². The van der Waals surface area contributed by atoms with Crippen LogP contribution < -0.4 is 10.3 Å². The molecule has 2 N–H and O–H groups in total. The summed E-state index contributed by atoms with van der Waals surface area (Å²) in [6.07, 6.45) is 1.94. The molecule has 0 atom stereocenters. The molecule has 1 aromatic carbocycles. The molecule has 1 aromatic heterocycles. The molecule has 0 bridgehead atoms. The van der Waals surface area contributed by atoms with Gasteiger partial charge in [0.15, 0.2) is 0 Å². The molecule has 0 aliphatic carbocycles. The van der Waals surface area contributed by atoms with Crippen molar-refractivity contribution in [3.63, 3.8) is 0 Å². The highest BCUT2D eigenvalue weighted by atomic mass is 79.9. The van der Waals surface area contributed by atoms with Crippen molar-refractivity contribution in [3.8, 4) is 0 Å². The predicted octanol–water partition coefficient (Wildman–Crippen LogP) is 3.18. The highest BCUT2D eigenvalue weighted by Gasteiger charge is 2.01. The Morgan fingerprint density at radius 2 is 1.94 bits per heavy atom. The lowest BCUT2D eigenvalue weighted by molar-refractivity contribution is -0.361. The number of rotatable bonds is 3. The van der Waals surface area contributed by atoms with E-state index in [1.807, 2.05) is 12.3 Å². The number of aromatic nitrogens is 1. The van der Waals surface area contributed by atoms with E-state index in [0.29, 0.717) is 0 Å². The zero-order valence-corrected chi connectivity index (χ0v) is 10.7. The molecule has 0 amide bonds. The Hall–Kier alpha value is -1.35. The molecule has 82 valence electrons. The second-order valence-electron chi connectivity index (χ2n) is 3.76. The summed E-state index contributed by atoms with van der Waals surface area (Å²) in [7, 11) is 0. The van der Waals surface area contributed by atoms with Crippen molar-refractivity contribution in [3.05, 3.63) is 58.2 Å². The third-order valence-corrected chi connectivity index (χ3v) is 2.88. The smallest absolute Gasteiger partial charge is 0.270 e. The fourth-order valence-corrected chi connectivity index (χ4v) is 1.75. The van der Waals surface area contributed by atoms with Crippen LogP contribution in [0.1, 0.15) is 11.1 Å². The Balaban J connectivity index is 1.99. The van der Waals surface area contributed by atoms with Crippen LogP contribution in [-0.2, 0) is 6.54 Å². The van der Waals surface area contributed by atoms with E-state index in [1.165, 1.54) is 11.1 Å². The van der Waals surface area contributed by atoms with Gasteiger partial charge in [0.1, 0.15) is 6.54 Å². The summed E-state index contributed by atoms with van der Waals surface area (Å²) in [6.45, 7) is 2.91. The van der Waals surface area contributed by atoms with Gasteiger partial charge in [-0.3, -0.25) is 5.32 Å². The average Bonchev–Trinajstić information content (AvgIpc) is 2.28. The molecule has 0 saturated heterocycles. The highest BCUT2D eigenvalue weighted by Crippen LogP contribution is 2.11. The molecule has 16 heavy (non-hydrogen) atoms. The maximum atomic E-state index is 3.42. The van der Waals surface area contributed by atoms with Crippen LogP contribution in [0.4, 0.5) is 5.82 Å². The molecule has 0 fully saturated rings. The van der Waals surface area contributed by atoms with Crippen molar-refractivity contribution >= 4 is 21.7 Å². The van der Waals surface area contributed by atoms with Crippen LogP contribution in [0.2, 0.25) is 0 Å². The third-order valence-electron chi connectivity index (χ3n) is 2.35. The minimum atomic E-state index is 0.827. The number of nitrogens with one attached hydrogen (secondary N) is 2. The van der Waals surface area contributed by atoms with Crippen molar-refractivity contribution in [2.75, 3.05) is 5.32 Å². The van der Waals surface area contributed by atoms with E-state index in [-0.39, 0.29) is 0 Å². The molecule has 2 rings (SSSR count). The Kier molecular flexibility index (Phi) is 3.57.